The van der Waals surface area contributed by atoms with Gasteiger partial charge in [-0.05, 0) is 42.5 Å². The molecule has 3 N–H and O–H groups in total. The van der Waals surface area contributed by atoms with Gasteiger partial charge in [0, 0.05) is 31.5 Å². The van der Waals surface area contributed by atoms with Gasteiger partial charge in [-0.1, -0.05) is 12.1 Å². The summed E-state index contributed by atoms with van der Waals surface area (Å²) in [5.74, 6) is 0.361. The van der Waals surface area contributed by atoms with Crippen LogP contribution in [0, 0.1) is 0 Å². The Morgan fingerprint density at radius 2 is 2.06 bits per heavy atom. The standard InChI is InChI=1S/C23H25N7O4S/c1-29(11-13-3-7-15(34-2)8-4-13)17-9-19(26-16-12-35-28-20(16)23(32)33)27-30-18(10-24-21(17)30)22(31)25-14-5-6-14/h3-4,7-10,14,16H,5-6,11-12H2,1-2H3,(H,25,31)(H,26,27)(H,32,33). The Morgan fingerprint density at radius 3 is 2.74 bits per heavy atom. The van der Waals surface area contributed by atoms with Crippen molar-refractivity contribution >= 4 is 46.7 Å². The van der Waals surface area contributed by atoms with Gasteiger partial charge >= 0.3 is 5.97 Å². The number of carbonyl (C=O) groups excluding carboxylic acids is 1. The zero-order valence-corrected chi connectivity index (χ0v) is 20.1. The molecule has 35 heavy (non-hydrogen) atoms. The SMILES string of the molecule is COc1ccc(CN(C)c2cc(NC3CSN=C3C(=O)O)nn3c(C(=O)NC4CC4)cnc23)cc1. The second kappa shape index (κ2) is 9.45. The van der Waals surface area contributed by atoms with Crippen molar-refractivity contribution in [2.24, 2.45) is 4.40 Å². The van der Waals surface area contributed by atoms with Gasteiger partial charge in [-0.25, -0.2) is 18.7 Å². The van der Waals surface area contributed by atoms with Gasteiger partial charge in [-0.3, -0.25) is 4.79 Å². The summed E-state index contributed by atoms with van der Waals surface area (Å²) in [6, 6.07) is 9.27. The van der Waals surface area contributed by atoms with E-state index >= 15 is 0 Å². The molecule has 182 valence electrons. The van der Waals surface area contributed by atoms with E-state index in [0.29, 0.717) is 29.5 Å². The molecule has 2 aliphatic rings. The highest BCUT2D eigenvalue weighted by Crippen LogP contribution is 2.28. The highest BCUT2D eigenvalue weighted by Gasteiger charge is 2.30. The van der Waals surface area contributed by atoms with Crippen LogP contribution in [0.5, 0.6) is 5.75 Å². The summed E-state index contributed by atoms with van der Waals surface area (Å²) in [4.78, 5) is 30.9. The predicted molar refractivity (Wildman–Crippen MR) is 134 cm³/mol. The fourth-order valence-corrected chi connectivity index (χ4v) is 4.65. The number of nitrogens with zero attached hydrogens (tertiary/aromatic N) is 5. The average molecular weight is 496 g/mol. The number of hydrogen-bond donors (Lipinski definition) is 3. The first-order valence-electron chi connectivity index (χ1n) is 11.2. The summed E-state index contributed by atoms with van der Waals surface area (Å²) < 4.78 is 10.8. The highest BCUT2D eigenvalue weighted by atomic mass is 32.2. The summed E-state index contributed by atoms with van der Waals surface area (Å²) in [6.07, 6.45) is 3.45. The third-order valence-corrected chi connectivity index (χ3v) is 6.67. The maximum absolute atomic E-state index is 12.8. The molecule has 1 aliphatic heterocycles. The second-order valence-electron chi connectivity index (χ2n) is 8.52. The number of amides is 1. The summed E-state index contributed by atoms with van der Waals surface area (Å²) in [6.45, 7) is 0.570. The largest absolute Gasteiger partial charge is 0.497 e. The van der Waals surface area contributed by atoms with E-state index in [1.165, 1.54) is 22.7 Å². The molecule has 1 saturated carbocycles. The number of rotatable bonds is 9. The van der Waals surface area contributed by atoms with Gasteiger partial charge in [-0.15, -0.1) is 5.10 Å². The molecule has 3 aromatic rings. The van der Waals surface area contributed by atoms with Crippen LogP contribution in [-0.4, -0.2) is 69.3 Å². The number of carbonyl (C=O) groups is 2. The number of anilines is 2. The van der Waals surface area contributed by atoms with Crippen LogP contribution in [0.2, 0.25) is 0 Å². The van der Waals surface area contributed by atoms with Crippen molar-refractivity contribution in [1.29, 1.82) is 0 Å². The number of benzene rings is 1. The zero-order valence-electron chi connectivity index (χ0n) is 19.3. The van der Waals surface area contributed by atoms with Crippen molar-refractivity contribution in [2.45, 2.75) is 31.5 Å². The number of aliphatic carboxylic acids is 1. The fraction of sp³-hybridized carbons (Fsp3) is 0.348. The molecule has 0 radical (unpaired) electrons. The van der Waals surface area contributed by atoms with Gasteiger partial charge < -0.3 is 25.4 Å². The molecular weight excluding hydrogens is 470 g/mol. The van der Waals surface area contributed by atoms with Gasteiger partial charge in [-0.2, -0.15) is 0 Å². The lowest BCUT2D eigenvalue weighted by Crippen LogP contribution is -2.34. The van der Waals surface area contributed by atoms with Gasteiger partial charge in [0.2, 0.25) is 0 Å². The van der Waals surface area contributed by atoms with Gasteiger partial charge in [0.05, 0.1) is 25.0 Å². The first kappa shape index (κ1) is 23.0. The average Bonchev–Trinajstić information content (AvgIpc) is 3.36. The fourth-order valence-electron chi connectivity index (χ4n) is 3.84. The summed E-state index contributed by atoms with van der Waals surface area (Å²) in [7, 11) is 3.56. The van der Waals surface area contributed by atoms with E-state index in [2.05, 4.69) is 25.1 Å². The van der Waals surface area contributed by atoms with E-state index in [0.717, 1.165) is 29.8 Å². The van der Waals surface area contributed by atoms with E-state index in [1.807, 2.05) is 42.3 Å². The van der Waals surface area contributed by atoms with Crippen LogP contribution in [0.25, 0.3) is 5.65 Å². The van der Waals surface area contributed by atoms with E-state index < -0.39 is 12.0 Å². The Morgan fingerprint density at radius 1 is 1.29 bits per heavy atom. The van der Waals surface area contributed by atoms with Crippen LogP contribution in [0.4, 0.5) is 11.5 Å². The topological polar surface area (TPSA) is 133 Å². The molecule has 3 heterocycles. The van der Waals surface area contributed by atoms with Crippen molar-refractivity contribution < 1.29 is 19.4 Å². The molecule has 5 rings (SSSR count). The van der Waals surface area contributed by atoms with E-state index in [4.69, 9.17) is 4.74 Å². The van der Waals surface area contributed by atoms with Gasteiger partial charge in [0.15, 0.2) is 17.1 Å². The first-order chi connectivity index (χ1) is 16.9. The number of fused-ring (bicyclic) bond motifs is 1. The number of hydrogen-bond acceptors (Lipinski definition) is 9. The van der Waals surface area contributed by atoms with Crippen molar-refractivity contribution in [3.8, 4) is 5.75 Å². The Balaban J connectivity index is 1.50. The van der Waals surface area contributed by atoms with Crippen molar-refractivity contribution in [3.05, 3.63) is 47.8 Å². The van der Waals surface area contributed by atoms with Crippen LogP contribution in [0.1, 0.15) is 28.9 Å². The minimum absolute atomic E-state index is 0.0439. The van der Waals surface area contributed by atoms with E-state index in [-0.39, 0.29) is 17.7 Å². The number of methoxy groups -OCH3 is 1. The molecule has 11 nitrogen and oxygen atoms in total. The Labute approximate surface area is 205 Å². The molecular formula is C23H25N7O4S. The van der Waals surface area contributed by atoms with Crippen LogP contribution in [-0.2, 0) is 11.3 Å². The van der Waals surface area contributed by atoms with E-state index in [9.17, 15) is 14.7 Å². The van der Waals surface area contributed by atoms with E-state index in [1.54, 1.807) is 7.11 Å². The molecule has 12 heteroatoms. The van der Waals surface area contributed by atoms with Crippen LogP contribution in [0.15, 0.2) is 40.9 Å². The van der Waals surface area contributed by atoms with Crippen molar-refractivity contribution in [2.75, 3.05) is 30.1 Å². The lowest BCUT2D eigenvalue weighted by molar-refractivity contribution is -0.129. The van der Waals surface area contributed by atoms with Crippen molar-refractivity contribution in [3.63, 3.8) is 0 Å². The molecule has 1 fully saturated rings. The number of ether oxygens (including phenoxy) is 1. The molecule has 0 spiro atoms. The third kappa shape index (κ3) is 4.87. The number of carboxylic acids is 1. The normalized spacial score (nSPS) is 17.2. The molecule has 1 aromatic carbocycles. The van der Waals surface area contributed by atoms with Crippen LogP contribution < -0.4 is 20.3 Å². The Kier molecular flexibility index (Phi) is 6.20. The molecule has 1 amide bonds. The van der Waals surface area contributed by atoms with Crippen LogP contribution in [0.3, 0.4) is 0 Å². The number of imidazole rings is 1. The zero-order chi connectivity index (χ0) is 24.5. The number of nitrogens with one attached hydrogen (secondary N) is 2. The molecule has 1 atom stereocenters. The lowest BCUT2D eigenvalue weighted by Gasteiger charge is -2.22. The minimum Gasteiger partial charge on any atom is -0.497 e. The number of carboxylic acid groups (broad SMARTS) is 1. The predicted octanol–water partition coefficient (Wildman–Crippen LogP) is 2.23. The summed E-state index contributed by atoms with van der Waals surface area (Å²) >= 11 is 1.19. The molecule has 1 aliphatic carbocycles. The van der Waals surface area contributed by atoms with Gasteiger partial charge in [0.1, 0.15) is 11.6 Å². The third-order valence-electron chi connectivity index (χ3n) is 5.86. The smallest absolute Gasteiger partial charge is 0.353 e. The number of aromatic nitrogens is 3. The minimum atomic E-state index is -1.07. The van der Waals surface area contributed by atoms with Crippen LogP contribution >= 0.6 is 11.9 Å². The second-order valence-corrected chi connectivity index (χ2v) is 9.29. The maximum atomic E-state index is 12.8. The Bertz CT molecular complexity index is 1300. The van der Waals surface area contributed by atoms with Crippen molar-refractivity contribution in [1.82, 2.24) is 19.9 Å². The lowest BCUT2D eigenvalue weighted by atomic mass is 10.2. The summed E-state index contributed by atoms with van der Waals surface area (Å²) in [5.41, 5.74) is 2.69. The molecule has 1 unspecified atom stereocenters. The Hall–Kier alpha value is -3.80. The quantitative estimate of drug-likeness (QED) is 0.382. The first-order valence-corrected chi connectivity index (χ1v) is 12.1. The molecule has 2 aromatic heterocycles. The highest BCUT2D eigenvalue weighted by molar-refractivity contribution is 7.98. The molecule has 0 saturated heterocycles. The maximum Gasteiger partial charge on any atom is 0.353 e. The molecule has 0 bridgehead atoms. The van der Waals surface area contributed by atoms with Gasteiger partial charge in [0.25, 0.3) is 5.91 Å². The summed E-state index contributed by atoms with van der Waals surface area (Å²) in [5, 5.41) is 20.2. The monoisotopic (exact) mass is 495 g/mol.